The van der Waals surface area contributed by atoms with Crippen molar-refractivity contribution in [3.8, 4) is 5.75 Å². The van der Waals surface area contributed by atoms with Crippen molar-refractivity contribution >= 4 is 17.6 Å². The number of anilines is 1. The van der Waals surface area contributed by atoms with Gasteiger partial charge in [0.15, 0.2) is 0 Å². The number of carbonyl (C=O) groups is 2. The van der Waals surface area contributed by atoms with Gasteiger partial charge in [-0.15, -0.1) is 0 Å². The summed E-state index contributed by atoms with van der Waals surface area (Å²) in [5.41, 5.74) is 0.630. The quantitative estimate of drug-likeness (QED) is 0.221. The first-order valence-corrected chi connectivity index (χ1v) is 12.3. The van der Waals surface area contributed by atoms with Crippen LogP contribution < -0.4 is 5.32 Å². The fraction of sp³-hybridized carbons (Fsp3) is 0.692. The second-order valence-corrected chi connectivity index (χ2v) is 8.59. The smallest absolute Gasteiger partial charge is 0.329 e. The minimum Gasteiger partial charge on any atom is -0.508 e. The van der Waals surface area contributed by atoms with Crippen molar-refractivity contribution in [1.82, 2.24) is 0 Å². The first kappa shape index (κ1) is 27.8. The Balaban J connectivity index is 2.73. The zero-order chi connectivity index (χ0) is 23.8. The summed E-state index contributed by atoms with van der Waals surface area (Å²) >= 11 is 0. The molecule has 0 radical (unpaired) electrons. The van der Waals surface area contributed by atoms with Gasteiger partial charge >= 0.3 is 11.9 Å². The zero-order valence-electron chi connectivity index (χ0n) is 20.4. The molecule has 0 amide bonds. The van der Waals surface area contributed by atoms with Crippen LogP contribution in [0.1, 0.15) is 85.5 Å². The summed E-state index contributed by atoms with van der Waals surface area (Å²) < 4.78 is 11.1. The average molecular weight is 450 g/mol. The second kappa shape index (κ2) is 16.4. The van der Waals surface area contributed by atoms with Crippen molar-refractivity contribution in [3.63, 3.8) is 0 Å². The molecule has 0 saturated carbocycles. The summed E-state index contributed by atoms with van der Waals surface area (Å²) in [7, 11) is 0. The Labute approximate surface area is 194 Å². The second-order valence-electron chi connectivity index (χ2n) is 8.59. The minimum atomic E-state index is -0.841. The number of esters is 2. The molecule has 2 N–H and O–H groups in total. The lowest BCUT2D eigenvalue weighted by Gasteiger charge is -2.21. The van der Waals surface area contributed by atoms with E-state index in [1.807, 2.05) is 0 Å². The molecule has 32 heavy (non-hydrogen) atoms. The number of carbonyl (C=O) groups excluding carboxylic acids is 2. The predicted octanol–water partition coefficient (Wildman–Crippen LogP) is 6.08. The highest BCUT2D eigenvalue weighted by molar-refractivity contribution is 5.85. The molecule has 0 bridgehead atoms. The van der Waals surface area contributed by atoms with Crippen LogP contribution >= 0.6 is 0 Å². The summed E-state index contributed by atoms with van der Waals surface area (Å²) in [6.07, 6.45) is 8.31. The third-order valence-corrected chi connectivity index (χ3v) is 5.89. The molecule has 6 nitrogen and oxygen atoms in total. The molecule has 6 heteroatoms. The van der Waals surface area contributed by atoms with Gasteiger partial charge in [0.2, 0.25) is 0 Å². The summed E-state index contributed by atoms with van der Waals surface area (Å²) in [4.78, 5) is 25.4. The Kier molecular flexibility index (Phi) is 14.2. The normalized spacial score (nSPS) is 13.8. The van der Waals surface area contributed by atoms with E-state index >= 15 is 0 Å². The lowest BCUT2D eigenvalue weighted by atomic mass is 10.0. The fourth-order valence-corrected chi connectivity index (χ4v) is 3.49. The van der Waals surface area contributed by atoms with Gasteiger partial charge in [0, 0.05) is 5.69 Å². The predicted molar refractivity (Wildman–Crippen MR) is 129 cm³/mol. The van der Waals surface area contributed by atoms with Crippen molar-refractivity contribution in [2.45, 2.75) is 91.5 Å². The van der Waals surface area contributed by atoms with Gasteiger partial charge in [0.25, 0.3) is 0 Å². The molecule has 0 saturated heterocycles. The summed E-state index contributed by atoms with van der Waals surface area (Å²) in [6, 6.07) is 5.54. The fourth-order valence-electron chi connectivity index (χ4n) is 3.49. The van der Waals surface area contributed by atoms with Gasteiger partial charge in [-0.1, -0.05) is 66.2 Å². The molecule has 2 unspecified atom stereocenters. The maximum Gasteiger partial charge on any atom is 0.329 e. The molecule has 0 aliphatic carbocycles. The van der Waals surface area contributed by atoms with Crippen molar-refractivity contribution in [3.05, 3.63) is 24.3 Å². The molecule has 1 aromatic rings. The molecule has 0 heterocycles. The van der Waals surface area contributed by atoms with Crippen LogP contribution in [0.3, 0.4) is 0 Å². The van der Waals surface area contributed by atoms with E-state index in [1.54, 1.807) is 12.1 Å². The SMILES string of the molecule is CCCCC(CC)COC(=O)C[C@H](Nc1ccc(O)cc1)C(=O)OCC(CC)CCCC. The zero-order valence-corrected chi connectivity index (χ0v) is 20.4. The van der Waals surface area contributed by atoms with Crippen LogP contribution in [0.15, 0.2) is 24.3 Å². The molecule has 0 aromatic heterocycles. The van der Waals surface area contributed by atoms with Gasteiger partial charge in [-0.05, 0) is 48.9 Å². The van der Waals surface area contributed by atoms with Gasteiger partial charge < -0.3 is 19.9 Å². The van der Waals surface area contributed by atoms with E-state index in [0.717, 1.165) is 51.4 Å². The van der Waals surface area contributed by atoms with Gasteiger partial charge in [-0.3, -0.25) is 4.79 Å². The number of rotatable bonds is 17. The van der Waals surface area contributed by atoms with Crippen LogP contribution in [0, 0.1) is 11.8 Å². The van der Waals surface area contributed by atoms with Crippen LogP contribution in [-0.4, -0.2) is 36.3 Å². The molecule has 1 rings (SSSR count). The van der Waals surface area contributed by atoms with Crippen molar-refractivity contribution < 1.29 is 24.2 Å². The third kappa shape index (κ3) is 11.4. The third-order valence-electron chi connectivity index (χ3n) is 5.89. The van der Waals surface area contributed by atoms with E-state index < -0.39 is 18.0 Å². The Bertz CT molecular complexity index is 646. The monoisotopic (exact) mass is 449 g/mol. The van der Waals surface area contributed by atoms with Crippen LogP contribution in [-0.2, 0) is 19.1 Å². The van der Waals surface area contributed by atoms with Crippen molar-refractivity contribution in [2.75, 3.05) is 18.5 Å². The van der Waals surface area contributed by atoms with Crippen LogP contribution in [0.25, 0.3) is 0 Å². The number of hydrogen-bond acceptors (Lipinski definition) is 6. The van der Waals surface area contributed by atoms with Gasteiger partial charge in [-0.2, -0.15) is 0 Å². The maximum absolute atomic E-state index is 12.8. The topological polar surface area (TPSA) is 84.9 Å². The molecular weight excluding hydrogens is 406 g/mol. The Morgan fingerprint density at radius 1 is 0.875 bits per heavy atom. The van der Waals surface area contributed by atoms with Gasteiger partial charge in [0.05, 0.1) is 19.6 Å². The molecule has 3 atom stereocenters. The van der Waals surface area contributed by atoms with E-state index in [2.05, 4.69) is 33.0 Å². The highest BCUT2D eigenvalue weighted by atomic mass is 16.5. The first-order valence-electron chi connectivity index (χ1n) is 12.3. The number of aromatic hydroxyl groups is 1. The number of phenols is 1. The lowest BCUT2D eigenvalue weighted by Crippen LogP contribution is -2.35. The summed E-state index contributed by atoms with van der Waals surface area (Å²) in [5.74, 6) is -0.0648. The molecule has 0 aliphatic rings. The molecule has 0 fully saturated rings. The number of benzene rings is 1. The molecule has 0 aliphatic heterocycles. The van der Waals surface area contributed by atoms with E-state index in [0.29, 0.717) is 30.7 Å². The summed E-state index contributed by atoms with van der Waals surface area (Å²) in [6.45, 7) is 9.23. The van der Waals surface area contributed by atoms with Crippen LogP contribution in [0.5, 0.6) is 5.75 Å². The highest BCUT2D eigenvalue weighted by Gasteiger charge is 2.25. The average Bonchev–Trinajstić information content (AvgIpc) is 2.80. The molecule has 1 aromatic carbocycles. The molecule has 0 spiro atoms. The van der Waals surface area contributed by atoms with Gasteiger partial charge in [0.1, 0.15) is 11.8 Å². The Morgan fingerprint density at radius 2 is 1.41 bits per heavy atom. The van der Waals surface area contributed by atoms with Crippen LogP contribution in [0.4, 0.5) is 5.69 Å². The number of ether oxygens (including phenoxy) is 2. The Morgan fingerprint density at radius 3 is 1.91 bits per heavy atom. The first-order chi connectivity index (χ1) is 15.4. The van der Waals surface area contributed by atoms with E-state index in [4.69, 9.17) is 9.47 Å². The Hall–Kier alpha value is -2.24. The summed E-state index contributed by atoms with van der Waals surface area (Å²) in [5, 5.41) is 12.6. The number of nitrogens with one attached hydrogen (secondary N) is 1. The molecular formula is C26H43NO5. The van der Waals surface area contributed by atoms with Crippen molar-refractivity contribution in [1.29, 1.82) is 0 Å². The molecule has 182 valence electrons. The van der Waals surface area contributed by atoms with Gasteiger partial charge in [-0.25, -0.2) is 4.79 Å². The number of phenolic OH excluding ortho intramolecular Hbond substituents is 1. The van der Waals surface area contributed by atoms with Crippen LogP contribution in [0.2, 0.25) is 0 Å². The largest absolute Gasteiger partial charge is 0.508 e. The minimum absolute atomic E-state index is 0.102. The lowest BCUT2D eigenvalue weighted by molar-refractivity contribution is -0.152. The standard InChI is InChI=1S/C26H43NO5/c1-5-9-11-20(7-3)18-31-25(29)17-24(27-22-13-15-23(28)16-14-22)26(30)32-19-21(8-4)12-10-6-2/h13-16,20-21,24,27-28H,5-12,17-19H2,1-4H3/t20?,21?,24-/m0/s1. The van der Waals surface area contributed by atoms with Crippen molar-refractivity contribution in [2.24, 2.45) is 11.8 Å². The number of unbranched alkanes of at least 4 members (excludes halogenated alkanes) is 2. The maximum atomic E-state index is 12.8. The van der Waals surface area contributed by atoms with E-state index in [9.17, 15) is 14.7 Å². The van der Waals surface area contributed by atoms with E-state index in [1.165, 1.54) is 12.1 Å². The highest BCUT2D eigenvalue weighted by Crippen LogP contribution is 2.18. The number of hydrogen-bond donors (Lipinski definition) is 2. The van der Waals surface area contributed by atoms with E-state index in [-0.39, 0.29) is 12.2 Å².